The summed E-state index contributed by atoms with van der Waals surface area (Å²) in [6, 6.07) is 5.85. The van der Waals surface area contributed by atoms with Gasteiger partial charge in [0.25, 0.3) is 17.7 Å². The standard InChI is InChI=1S/C63H111N3O3/c1-10-19-28-46-37-49(31-22-13-4)58(50(38-46)32-23-14-5)64-61(67)55-43-56(62(68)65-59-51(33-24-15-6)39-47(29-20-11-2)40-52(59)34-25-16-7)45-57(44-55)63(69)66-60-53(35-26-17-8)41-48(30-21-12-3)42-54(60)36-27-18-9/h43-54,58-60H,10-42H2,1-9H3,(H,64,67)(H,65,68)(H,66,69). The number of amides is 3. The topological polar surface area (TPSA) is 87.3 Å². The highest BCUT2D eigenvalue weighted by atomic mass is 16.2. The van der Waals surface area contributed by atoms with Crippen LogP contribution in [0.25, 0.3) is 0 Å². The van der Waals surface area contributed by atoms with Crippen molar-refractivity contribution in [3.8, 4) is 0 Å². The first-order valence-electron chi connectivity index (χ1n) is 30.6. The van der Waals surface area contributed by atoms with Gasteiger partial charge in [-0.05, 0) is 149 Å². The first-order valence-corrected chi connectivity index (χ1v) is 30.6. The zero-order chi connectivity index (χ0) is 50.0. The van der Waals surface area contributed by atoms with Crippen molar-refractivity contribution in [2.24, 2.45) is 53.3 Å². The third-order valence-electron chi connectivity index (χ3n) is 17.9. The van der Waals surface area contributed by atoms with Gasteiger partial charge in [0.1, 0.15) is 0 Å². The van der Waals surface area contributed by atoms with Gasteiger partial charge in [-0.25, -0.2) is 0 Å². The molecule has 3 N–H and O–H groups in total. The van der Waals surface area contributed by atoms with Crippen LogP contribution in [0.15, 0.2) is 18.2 Å². The number of carbonyl (C=O) groups excluding carboxylic acids is 3. The van der Waals surface area contributed by atoms with E-state index >= 15 is 14.4 Å². The van der Waals surface area contributed by atoms with Crippen molar-refractivity contribution >= 4 is 17.7 Å². The first kappa shape index (κ1) is 59.2. The summed E-state index contributed by atoms with van der Waals surface area (Å²) in [7, 11) is 0. The Morgan fingerprint density at radius 3 is 0.667 bits per heavy atom. The summed E-state index contributed by atoms with van der Waals surface area (Å²) in [6.07, 6.45) is 39.3. The second-order valence-electron chi connectivity index (χ2n) is 23.6. The SMILES string of the molecule is CCCCC1CC(CCCC)C(NC(=O)c2cc(C(=O)NC3C(CCCC)CC(CCCC)CC3CCCC)cc(C(=O)NC3C(CCCC)CC(CCCC)CC3CCCC)c2)C(CCCC)C1. The molecule has 1 aromatic carbocycles. The van der Waals surface area contributed by atoms with Crippen LogP contribution in [0.3, 0.4) is 0 Å². The smallest absolute Gasteiger partial charge is 0.251 e. The van der Waals surface area contributed by atoms with Crippen LogP contribution in [0.1, 0.15) is 305 Å². The molecule has 1 aromatic rings. The van der Waals surface area contributed by atoms with Crippen molar-refractivity contribution in [2.45, 2.75) is 292 Å². The molecule has 69 heavy (non-hydrogen) atoms. The lowest BCUT2D eigenvalue weighted by atomic mass is 9.67. The predicted molar refractivity (Wildman–Crippen MR) is 295 cm³/mol. The Bertz CT molecular complexity index is 1330. The molecule has 6 heteroatoms. The molecule has 0 bridgehead atoms. The minimum atomic E-state index is -0.116. The van der Waals surface area contributed by atoms with Crippen LogP contribution >= 0.6 is 0 Å². The van der Waals surface area contributed by atoms with E-state index in [0.29, 0.717) is 52.2 Å². The van der Waals surface area contributed by atoms with E-state index < -0.39 is 0 Å². The summed E-state index contributed by atoms with van der Waals surface area (Å²) in [5.74, 6) is 4.48. The number of nitrogens with one attached hydrogen (secondary N) is 3. The molecule has 0 saturated heterocycles. The van der Waals surface area contributed by atoms with Gasteiger partial charge in [0.05, 0.1) is 0 Å². The molecule has 3 aliphatic rings. The summed E-state index contributed by atoms with van der Waals surface area (Å²) in [4.78, 5) is 45.3. The van der Waals surface area contributed by atoms with Crippen LogP contribution in [-0.4, -0.2) is 35.8 Å². The number of benzene rings is 1. The minimum absolute atomic E-state index is 0.103. The predicted octanol–water partition coefficient (Wildman–Crippen LogP) is 17.6. The maximum atomic E-state index is 15.1. The Labute approximate surface area is 426 Å². The van der Waals surface area contributed by atoms with E-state index in [-0.39, 0.29) is 35.8 Å². The first-order chi connectivity index (χ1) is 33.6. The number of rotatable bonds is 33. The van der Waals surface area contributed by atoms with Gasteiger partial charge in [-0.15, -0.1) is 0 Å². The molecule has 0 aromatic heterocycles. The van der Waals surface area contributed by atoms with Crippen LogP contribution in [0.4, 0.5) is 0 Å². The molecule has 396 valence electrons. The molecular formula is C63H111N3O3. The van der Waals surface area contributed by atoms with Gasteiger partial charge in [-0.2, -0.15) is 0 Å². The third-order valence-corrected chi connectivity index (χ3v) is 17.9. The monoisotopic (exact) mass is 958 g/mol. The second kappa shape index (κ2) is 33.4. The zero-order valence-electron chi connectivity index (χ0n) is 46.7. The number of carbonyl (C=O) groups is 3. The van der Waals surface area contributed by atoms with Crippen LogP contribution in [0.5, 0.6) is 0 Å². The van der Waals surface area contributed by atoms with E-state index in [1.165, 1.54) is 135 Å². The minimum Gasteiger partial charge on any atom is -0.349 e. The van der Waals surface area contributed by atoms with Crippen LogP contribution in [-0.2, 0) is 0 Å². The summed E-state index contributed by atoms with van der Waals surface area (Å²) in [6.45, 7) is 20.6. The maximum Gasteiger partial charge on any atom is 0.251 e. The van der Waals surface area contributed by atoms with Gasteiger partial charge in [-0.1, -0.05) is 197 Å². The lowest BCUT2D eigenvalue weighted by molar-refractivity contribution is 0.0764. The Morgan fingerprint density at radius 1 is 0.319 bits per heavy atom. The van der Waals surface area contributed by atoms with Crippen LogP contribution in [0, 0.1) is 53.3 Å². The average molecular weight is 959 g/mol. The quantitative estimate of drug-likeness (QED) is 0.0656. The number of unbranched alkanes of at least 4 members (excludes halogenated alkanes) is 9. The fraction of sp³-hybridized carbons (Fsp3) is 0.857. The second-order valence-corrected chi connectivity index (χ2v) is 23.6. The molecule has 6 unspecified atom stereocenters. The molecule has 3 saturated carbocycles. The van der Waals surface area contributed by atoms with Crippen LogP contribution < -0.4 is 16.0 Å². The van der Waals surface area contributed by atoms with E-state index in [0.717, 1.165) is 94.8 Å². The fourth-order valence-electron chi connectivity index (χ4n) is 14.1. The van der Waals surface area contributed by atoms with E-state index in [1.54, 1.807) is 0 Å². The van der Waals surface area contributed by atoms with E-state index in [2.05, 4.69) is 78.3 Å². The van der Waals surface area contributed by atoms with Gasteiger partial charge in [-0.3, -0.25) is 14.4 Å². The fourth-order valence-corrected chi connectivity index (χ4v) is 14.1. The molecule has 0 aliphatic heterocycles. The Morgan fingerprint density at radius 2 is 0.493 bits per heavy atom. The Hall–Kier alpha value is -2.37. The Kier molecular flexibility index (Phi) is 28.6. The average Bonchev–Trinajstić information content (AvgIpc) is 3.36. The van der Waals surface area contributed by atoms with Crippen molar-refractivity contribution in [3.63, 3.8) is 0 Å². The number of hydrogen-bond acceptors (Lipinski definition) is 3. The summed E-state index contributed by atoms with van der Waals surface area (Å²) in [5, 5.41) is 11.1. The van der Waals surface area contributed by atoms with Crippen molar-refractivity contribution < 1.29 is 14.4 Å². The van der Waals surface area contributed by atoms with E-state index in [1.807, 2.05) is 18.2 Å². The summed E-state index contributed by atoms with van der Waals surface area (Å²) >= 11 is 0. The van der Waals surface area contributed by atoms with E-state index in [4.69, 9.17) is 0 Å². The van der Waals surface area contributed by atoms with Gasteiger partial charge in [0, 0.05) is 34.8 Å². The van der Waals surface area contributed by atoms with Gasteiger partial charge < -0.3 is 16.0 Å². The highest BCUT2D eigenvalue weighted by Gasteiger charge is 2.41. The molecule has 4 rings (SSSR count). The molecule has 0 radical (unpaired) electrons. The van der Waals surface area contributed by atoms with Gasteiger partial charge in [0.2, 0.25) is 0 Å². The lowest BCUT2D eigenvalue weighted by Gasteiger charge is -2.43. The maximum absolute atomic E-state index is 15.1. The normalized spacial score (nSPS) is 28.3. The van der Waals surface area contributed by atoms with Gasteiger partial charge in [0.15, 0.2) is 0 Å². The van der Waals surface area contributed by atoms with Crippen molar-refractivity contribution in [1.82, 2.24) is 16.0 Å². The van der Waals surface area contributed by atoms with Crippen molar-refractivity contribution in [1.29, 1.82) is 0 Å². The largest absolute Gasteiger partial charge is 0.349 e. The molecule has 3 amide bonds. The Balaban J connectivity index is 1.77. The number of hydrogen-bond donors (Lipinski definition) is 3. The molecule has 0 heterocycles. The highest BCUT2D eigenvalue weighted by Crippen LogP contribution is 2.44. The van der Waals surface area contributed by atoms with Crippen molar-refractivity contribution in [2.75, 3.05) is 0 Å². The summed E-state index contributed by atoms with van der Waals surface area (Å²) in [5.41, 5.74) is 1.39. The molecule has 3 aliphatic carbocycles. The van der Waals surface area contributed by atoms with Crippen LogP contribution in [0.2, 0.25) is 0 Å². The highest BCUT2D eigenvalue weighted by molar-refractivity contribution is 6.04. The third kappa shape index (κ3) is 19.2. The van der Waals surface area contributed by atoms with Crippen molar-refractivity contribution in [3.05, 3.63) is 34.9 Å². The van der Waals surface area contributed by atoms with E-state index in [9.17, 15) is 0 Å². The molecular weight excluding hydrogens is 847 g/mol. The van der Waals surface area contributed by atoms with Gasteiger partial charge >= 0.3 is 0 Å². The summed E-state index contributed by atoms with van der Waals surface area (Å²) < 4.78 is 0. The molecule has 6 nitrogen and oxygen atoms in total. The molecule has 0 spiro atoms. The molecule has 6 atom stereocenters. The molecule has 3 fully saturated rings. The zero-order valence-corrected chi connectivity index (χ0v) is 46.7. The lowest BCUT2D eigenvalue weighted by Crippen LogP contribution is -2.50.